The van der Waals surface area contributed by atoms with Gasteiger partial charge in [-0.05, 0) is 44.6 Å². The predicted molar refractivity (Wildman–Crippen MR) is 71.0 cm³/mol. The van der Waals surface area contributed by atoms with E-state index in [1.165, 1.54) is 5.57 Å². The molecule has 1 saturated heterocycles. The molecular formula is C15H21NO. The fourth-order valence-electron chi connectivity index (χ4n) is 2.26. The van der Waals surface area contributed by atoms with Crippen LogP contribution in [0.3, 0.4) is 0 Å². The van der Waals surface area contributed by atoms with E-state index in [2.05, 4.69) is 38.3 Å². The number of hydroxylamine groups is 2. The van der Waals surface area contributed by atoms with E-state index in [0.717, 1.165) is 43.5 Å². The van der Waals surface area contributed by atoms with Gasteiger partial charge in [-0.2, -0.15) is 0 Å². The van der Waals surface area contributed by atoms with Crippen LogP contribution in [-0.2, 0) is 4.84 Å². The smallest absolute Gasteiger partial charge is 0.105 e. The lowest BCUT2D eigenvalue weighted by atomic mass is 10.0. The molecule has 1 atom stereocenters. The minimum absolute atomic E-state index is 0.103. The van der Waals surface area contributed by atoms with Crippen LogP contribution in [0.5, 0.6) is 0 Å². The lowest BCUT2D eigenvalue weighted by molar-refractivity contribution is -0.139. The average Bonchev–Trinajstić information content (AvgIpc) is 2.35. The average molecular weight is 231 g/mol. The van der Waals surface area contributed by atoms with Gasteiger partial charge in [-0.15, -0.1) is 0 Å². The van der Waals surface area contributed by atoms with E-state index >= 15 is 0 Å². The molecule has 0 N–H and O–H groups in total. The number of nitrogens with zero attached hydrogens (tertiary/aromatic N) is 1. The zero-order chi connectivity index (χ0) is 12.3. The van der Waals surface area contributed by atoms with Crippen molar-refractivity contribution in [2.45, 2.75) is 45.1 Å². The third-order valence-electron chi connectivity index (χ3n) is 3.34. The molecule has 2 heteroatoms. The van der Waals surface area contributed by atoms with Crippen molar-refractivity contribution >= 4 is 0 Å². The molecule has 2 aliphatic rings. The maximum Gasteiger partial charge on any atom is 0.105 e. The van der Waals surface area contributed by atoms with Crippen molar-refractivity contribution in [2.24, 2.45) is 0 Å². The molecule has 1 unspecified atom stereocenters. The second-order valence-electron chi connectivity index (χ2n) is 4.74. The number of rotatable bonds is 3. The predicted octanol–water partition coefficient (Wildman–Crippen LogP) is 4.10. The fraction of sp³-hybridized carbons (Fsp3) is 0.467. The summed E-state index contributed by atoms with van der Waals surface area (Å²) in [4.78, 5) is 5.99. The van der Waals surface area contributed by atoms with Crippen LogP contribution in [0, 0.1) is 0 Å². The Hall–Kier alpha value is -1.28. The first kappa shape index (κ1) is 12.2. The van der Waals surface area contributed by atoms with Gasteiger partial charge in [0.15, 0.2) is 0 Å². The van der Waals surface area contributed by atoms with Crippen molar-refractivity contribution in [3.8, 4) is 0 Å². The Balaban J connectivity index is 1.99. The van der Waals surface area contributed by atoms with Crippen LogP contribution in [0.1, 0.15) is 39.0 Å². The number of allylic oxidation sites excluding steroid dienone is 5. The number of piperidine rings is 1. The standard InChI is InChI=1S/C15H21NO/c1-12-8-7-9-13(2)16(12)17-14(3)15-10-5-4-6-11-15/h4-5,10,14H,1-2,6-9,11H2,3H3. The first-order valence-corrected chi connectivity index (χ1v) is 6.36. The van der Waals surface area contributed by atoms with E-state index in [9.17, 15) is 0 Å². The molecule has 17 heavy (non-hydrogen) atoms. The van der Waals surface area contributed by atoms with Crippen molar-refractivity contribution in [3.63, 3.8) is 0 Å². The van der Waals surface area contributed by atoms with Gasteiger partial charge in [-0.3, -0.25) is 4.84 Å². The Labute approximate surface area is 104 Å². The fourth-order valence-corrected chi connectivity index (χ4v) is 2.26. The molecule has 0 radical (unpaired) electrons. The van der Waals surface area contributed by atoms with Gasteiger partial charge < -0.3 is 0 Å². The van der Waals surface area contributed by atoms with E-state index in [1.807, 2.05) is 5.06 Å². The molecule has 0 aromatic rings. The molecule has 0 saturated carbocycles. The minimum atomic E-state index is 0.103. The molecule has 2 nitrogen and oxygen atoms in total. The summed E-state index contributed by atoms with van der Waals surface area (Å²) < 4.78 is 0. The van der Waals surface area contributed by atoms with E-state index < -0.39 is 0 Å². The van der Waals surface area contributed by atoms with Crippen LogP contribution in [0.2, 0.25) is 0 Å². The van der Waals surface area contributed by atoms with E-state index in [0.29, 0.717) is 0 Å². The lowest BCUT2D eigenvalue weighted by Crippen LogP contribution is -2.30. The Morgan fingerprint density at radius 3 is 2.53 bits per heavy atom. The second-order valence-corrected chi connectivity index (χ2v) is 4.74. The molecule has 1 fully saturated rings. The summed E-state index contributed by atoms with van der Waals surface area (Å²) in [5.74, 6) is 0. The van der Waals surface area contributed by atoms with Gasteiger partial charge in [-0.1, -0.05) is 31.4 Å². The Kier molecular flexibility index (Phi) is 3.85. The molecule has 2 rings (SSSR count). The summed E-state index contributed by atoms with van der Waals surface area (Å²) in [6.45, 7) is 10.2. The largest absolute Gasteiger partial charge is 0.262 e. The maximum atomic E-state index is 5.99. The van der Waals surface area contributed by atoms with Crippen LogP contribution < -0.4 is 0 Å². The van der Waals surface area contributed by atoms with Crippen molar-refractivity contribution in [1.82, 2.24) is 5.06 Å². The van der Waals surface area contributed by atoms with Crippen LogP contribution >= 0.6 is 0 Å². The van der Waals surface area contributed by atoms with Crippen LogP contribution in [0.15, 0.2) is 48.4 Å². The summed E-state index contributed by atoms with van der Waals surface area (Å²) in [6.07, 6.45) is 11.9. The first-order valence-electron chi connectivity index (χ1n) is 6.36. The molecular weight excluding hydrogens is 210 g/mol. The monoisotopic (exact) mass is 231 g/mol. The highest BCUT2D eigenvalue weighted by Crippen LogP contribution is 2.29. The molecule has 1 aliphatic carbocycles. The second kappa shape index (κ2) is 5.37. The maximum absolute atomic E-state index is 5.99. The topological polar surface area (TPSA) is 12.5 Å². The minimum Gasteiger partial charge on any atom is -0.262 e. The first-order chi connectivity index (χ1) is 8.18. The Bertz CT molecular complexity index is 362. The third kappa shape index (κ3) is 2.89. The summed E-state index contributed by atoms with van der Waals surface area (Å²) in [5, 5.41) is 1.84. The van der Waals surface area contributed by atoms with Crippen molar-refractivity contribution in [1.29, 1.82) is 0 Å². The Morgan fingerprint density at radius 1 is 1.24 bits per heavy atom. The van der Waals surface area contributed by atoms with Gasteiger partial charge in [0.2, 0.25) is 0 Å². The molecule has 1 heterocycles. The van der Waals surface area contributed by atoms with Crippen molar-refractivity contribution < 1.29 is 4.84 Å². The van der Waals surface area contributed by atoms with E-state index in [1.54, 1.807) is 0 Å². The van der Waals surface area contributed by atoms with E-state index in [-0.39, 0.29) is 6.10 Å². The zero-order valence-electron chi connectivity index (χ0n) is 10.6. The Morgan fingerprint density at radius 2 is 1.94 bits per heavy atom. The van der Waals surface area contributed by atoms with E-state index in [4.69, 9.17) is 4.84 Å². The molecule has 0 amide bonds. The van der Waals surface area contributed by atoms with Gasteiger partial charge in [0, 0.05) is 11.4 Å². The van der Waals surface area contributed by atoms with Crippen LogP contribution in [-0.4, -0.2) is 11.2 Å². The summed E-state index contributed by atoms with van der Waals surface area (Å²) in [6, 6.07) is 0. The summed E-state index contributed by atoms with van der Waals surface area (Å²) in [5.41, 5.74) is 3.40. The van der Waals surface area contributed by atoms with Gasteiger partial charge in [0.1, 0.15) is 6.10 Å². The quantitative estimate of drug-likeness (QED) is 0.725. The summed E-state index contributed by atoms with van der Waals surface area (Å²) in [7, 11) is 0. The molecule has 0 spiro atoms. The van der Waals surface area contributed by atoms with Crippen LogP contribution in [0.25, 0.3) is 0 Å². The normalized spacial score (nSPS) is 22.6. The number of hydrogen-bond acceptors (Lipinski definition) is 2. The SMILES string of the molecule is C=C1CCCC(=C)N1OC(C)C1=CC=CCC1. The van der Waals surface area contributed by atoms with Gasteiger partial charge >= 0.3 is 0 Å². The van der Waals surface area contributed by atoms with Gasteiger partial charge in [0.25, 0.3) is 0 Å². The lowest BCUT2D eigenvalue weighted by Gasteiger charge is -2.34. The summed E-state index contributed by atoms with van der Waals surface area (Å²) >= 11 is 0. The molecule has 0 aromatic heterocycles. The van der Waals surface area contributed by atoms with Crippen molar-refractivity contribution in [2.75, 3.05) is 0 Å². The van der Waals surface area contributed by atoms with Crippen molar-refractivity contribution in [3.05, 3.63) is 48.4 Å². The highest BCUT2D eigenvalue weighted by atomic mass is 16.7. The number of hydrogen-bond donors (Lipinski definition) is 0. The highest BCUT2D eigenvalue weighted by molar-refractivity contribution is 5.20. The van der Waals surface area contributed by atoms with Crippen LogP contribution in [0.4, 0.5) is 0 Å². The van der Waals surface area contributed by atoms with Gasteiger partial charge in [0.05, 0.1) is 0 Å². The molecule has 92 valence electrons. The molecule has 1 aliphatic heterocycles. The highest BCUT2D eigenvalue weighted by Gasteiger charge is 2.21. The van der Waals surface area contributed by atoms with Gasteiger partial charge in [-0.25, -0.2) is 5.06 Å². The third-order valence-corrected chi connectivity index (χ3v) is 3.34. The molecule has 0 bridgehead atoms. The molecule has 0 aromatic carbocycles. The zero-order valence-corrected chi connectivity index (χ0v) is 10.6.